The van der Waals surface area contributed by atoms with Gasteiger partial charge in [-0.15, -0.1) is 5.53 Å². The molecule has 0 aromatic heterocycles. The minimum Gasteiger partial charge on any atom is -0.301 e. The Morgan fingerprint density at radius 2 is 2.18 bits per heavy atom. The highest BCUT2D eigenvalue weighted by Crippen LogP contribution is 2.26. The SMILES string of the molecule is N=CN1NNc2ccccc21. The van der Waals surface area contributed by atoms with Gasteiger partial charge in [-0.2, -0.15) is 0 Å². The summed E-state index contributed by atoms with van der Waals surface area (Å²) in [7, 11) is 0. The van der Waals surface area contributed by atoms with Crippen molar-refractivity contribution in [3.63, 3.8) is 0 Å². The summed E-state index contributed by atoms with van der Waals surface area (Å²) >= 11 is 0. The molecule has 2 rings (SSSR count). The average Bonchev–Trinajstić information content (AvgIpc) is 2.47. The second-order valence-electron chi connectivity index (χ2n) is 2.25. The van der Waals surface area contributed by atoms with Crippen LogP contribution in [-0.4, -0.2) is 6.34 Å². The lowest BCUT2D eigenvalue weighted by Crippen LogP contribution is -2.34. The Labute approximate surface area is 64.3 Å². The monoisotopic (exact) mass is 148 g/mol. The number of hydrazine groups is 2. The van der Waals surface area contributed by atoms with E-state index in [1.54, 1.807) is 5.01 Å². The zero-order valence-corrected chi connectivity index (χ0v) is 5.83. The van der Waals surface area contributed by atoms with Crippen molar-refractivity contribution < 1.29 is 0 Å². The third kappa shape index (κ3) is 0.841. The van der Waals surface area contributed by atoms with Gasteiger partial charge in [-0.1, -0.05) is 12.1 Å². The van der Waals surface area contributed by atoms with E-state index in [9.17, 15) is 0 Å². The maximum absolute atomic E-state index is 7.03. The van der Waals surface area contributed by atoms with Crippen molar-refractivity contribution in [3.05, 3.63) is 24.3 Å². The highest BCUT2D eigenvalue weighted by atomic mass is 15.7. The molecule has 1 aliphatic heterocycles. The van der Waals surface area contributed by atoms with Crippen LogP contribution in [0.15, 0.2) is 24.3 Å². The Balaban J connectivity index is 2.46. The molecule has 4 heteroatoms. The Hall–Kier alpha value is -1.55. The summed E-state index contributed by atoms with van der Waals surface area (Å²) in [6.45, 7) is 0. The van der Waals surface area contributed by atoms with Gasteiger partial charge >= 0.3 is 0 Å². The number of nitrogens with zero attached hydrogens (tertiary/aromatic N) is 1. The van der Waals surface area contributed by atoms with Crippen LogP contribution in [0.4, 0.5) is 11.4 Å². The summed E-state index contributed by atoms with van der Waals surface area (Å²) in [6, 6.07) is 7.77. The molecule has 0 spiro atoms. The van der Waals surface area contributed by atoms with Crippen molar-refractivity contribution in [1.29, 1.82) is 5.41 Å². The average molecular weight is 148 g/mol. The molecule has 3 N–H and O–H groups in total. The minimum absolute atomic E-state index is 0.975. The molecule has 0 fully saturated rings. The van der Waals surface area contributed by atoms with Crippen LogP contribution in [0.25, 0.3) is 0 Å². The predicted octanol–water partition coefficient (Wildman–Crippen LogP) is 0.945. The molecule has 11 heavy (non-hydrogen) atoms. The number of fused-ring (bicyclic) bond motifs is 1. The van der Waals surface area contributed by atoms with Crippen LogP contribution in [0.5, 0.6) is 0 Å². The maximum atomic E-state index is 7.03. The summed E-state index contributed by atoms with van der Waals surface area (Å²) in [4.78, 5) is 0. The number of nitrogens with one attached hydrogen (secondary N) is 3. The van der Waals surface area contributed by atoms with E-state index in [1.807, 2.05) is 24.3 Å². The Morgan fingerprint density at radius 1 is 1.36 bits per heavy atom. The van der Waals surface area contributed by atoms with Crippen molar-refractivity contribution in [1.82, 2.24) is 5.53 Å². The third-order valence-corrected chi connectivity index (χ3v) is 1.60. The highest BCUT2D eigenvalue weighted by molar-refractivity contribution is 5.86. The van der Waals surface area contributed by atoms with Crippen LogP contribution in [0, 0.1) is 5.41 Å². The van der Waals surface area contributed by atoms with E-state index in [4.69, 9.17) is 5.41 Å². The van der Waals surface area contributed by atoms with E-state index in [1.165, 1.54) is 6.34 Å². The van der Waals surface area contributed by atoms with E-state index in [0.717, 1.165) is 11.4 Å². The lowest BCUT2D eigenvalue weighted by atomic mass is 10.3. The molecule has 0 aliphatic carbocycles. The molecule has 0 atom stereocenters. The minimum atomic E-state index is 0.975. The number of benzene rings is 1. The molecule has 0 saturated carbocycles. The fraction of sp³-hybridized carbons (Fsp3) is 0. The normalized spacial score (nSPS) is 14.0. The van der Waals surface area contributed by atoms with E-state index in [2.05, 4.69) is 11.0 Å². The maximum Gasteiger partial charge on any atom is 0.103 e. The van der Waals surface area contributed by atoms with Gasteiger partial charge in [-0.3, -0.25) is 5.41 Å². The van der Waals surface area contributed by atoms with Crippen molar-refractivity contribution in [2.24, 2.45) is 0 Å². The van der Waals surface area contributed by atoms with Gasteiger partial charge < -0.3 is 5.43 Å². The first kappa shape index (κ1) is 6.18. The summed E-state index contributed by atoms with van der Waals surface area (Å²) in [5.41, 5.74) is 7.71. The molecule has 0 bridgehead atoms. The summed E-state index contributed by atoms with van der Waals surface area (Å²) < 4.78 is 0. The summed E-state index contributed by atoms with van der Waals surface area (Å²) in [5, 5.41) is 8.64. The zero-order chi connectivity index (χ0) is 7.68. The first-order valence-corrected chi connectivity index (χ1v) is 3.32. The molecule has 1 aromatic rings. The number of anilines is 2. The number of hydrogen-bond donors (Lipinski definition) is 3. The number of hydrogen-bond acceptors (Lipinski definition) is 3. The molecule has 1 aromatic carbocycles. The quantitative estimate of drug-likeness (QED) is 0.410. The Morgan fingerprint density at radius 3 is 3.00 bits per heavy atom. The standard InChI is InChI=1S/C7H8N4/c8-5-11-7-4-2-1-3-6(7)9-10-11/h1-5,8-10H. The van der Waals surface area contributed by atoms with Crippen LogP contribution in [0.1, 0.15) is 0 Å². The first-order valence-electron chi connectivity index (χ1n) is 3.32. The van der Waals surface area contributed by atoms with E-state index in [-0.39, 0.29) is 0 Å². The topological polar surface area (TPSA) is 51.2 Å². The lowest BCUT2D eigenvalue weighted by Gasteiger charge is -2.08. The van der Waals surface area contributed by atoms with Crippen LogP contribution < -0.4 is 16.0 Å². The summed E-state index contributed by atoms with van der Waals surface area (Å²) in [6.07, 6.45) is 1.22. The largest absolute Gasteiger partial charge is 0.301 e. The van der Waals surface area contributed by atoms with Gasteiger partial charge in [0.1, 0.15) is 6.34 Å². The van der Waals surface area contributed by atoms with Crippen LogP contribution in [0.2, 0.25) is 0 Å². The third-order valence-electron chi connectivity index (χ3n) is 1.60. The van der Waals surface area contributed by atoms with Gasteiger partial charge in [0.2, 0.25) is 0 Å². The molecule has 0 saturated heterocycles. The van der Waals surface area contributed by atoms with Gasteiger partial charge in [0.25, 0.3) is 0 Å². The predicted molar refractivity (Wildman–Crippen MR) is 44.5 cm³/mol. The molecular weight excluding hydrogens is 140 g/mol. The Bertz CT molecular complexity index is 284. The van der Waals surface area contributed by atoms with Gasteiger partial charge in [-0.05, 0) is 12.1 Å². The lowest BCUT2D eigenvalue weighted by molar-refractivity contribution is 0.895. The molecule has 0 amide bonds. The van der Waals surface area contributed by atoms with Crippen molar-refractivity contribution in [3.8, 4) is 0 Å². The summed E-state index contributed by atoms with van der Waals surface area (Å²) in [5.74, 6) is 0. The van der Waals surface area contributed by atoms with Gasteiger partial charge in [0, 0.05) is 0 Å². The Kier molecular flexibility index (Phi) is 1.26. The van der Waals surface area contributed by atoms with Gasteiger partial charge in [0.15, 0.2) is 0 Å². The van der Waals surface area contributed by atoms with Crippen LogP contribution in [-0.2, 0) is 0 Å². The van der Waals surface area contributed by atoms with Gasteiger partial charge in [0.05, 0.1) is 11.4 Å². The number of para-hydroxylation sites is 2. The molecule has 0 radical (unpaired) electrons. The molecular formula is C7H8N4. The van der Waals surface area contributed by atoms with Crippen LogP contribution >= 0.6 is 0 Å². The molecule has 1 heterocycles. The molecule has 1 aliphatic rings. The van der Waals surface area contributed by atoms with Crippen molar-refractivity contribution >= 4 is 17.7 Å². The molecule has 0 unspecified atom stereocenters. The smallest absolute Gasteiger partial charge is 0.103 e. The van der Waals surface area contributed by atoms with Gasteiger partial charge in [-0.25, -0.2) is 5.01 Å². The van der Waals surface area contributed by atoms with Crippen LogP contribution in [0.3, 0.4) is 0 Å². The number of rotatable bonds is 1. The highest BCUT2D eigenvalue weighted by Gasteiger charge is 2.14. The van der Waals surface area contributed by atoms with Crippen molar-refractivity contribution in [2.45, 2.75) is 0 Å². The first-order chi connectivity index (χ1) is 5.42. The van der Waals surface area contributed by atoms with E-state index >= 15 is 0 Å². The molecule has 56 valence electrons. The van der Waals surface area contributed by atoms with E-state index in [0.29, 0.717) is 0 Å². The second-order valence-corrected chi connectivity index (χ2v) is 2.25. The van der Waals surface area contributed by atoms with Crippen molar-refractivity contribution in [2.75, 3.05) is 10.4 Å². The fourth-order valence-corrected chi connectivity index (χ4v) is 1.07. The molecule has 4 nitrogen and oxygen atoms in total. The second kappa shape index (κ2) is 2.25. The fourth-order valence-electron chi connectivity index (χ4n) is 1.07. The van der Waals surface area contributed by atoms with E-state index < -0.39 is 0 Å². The zero-order valence-electron chi connectivity index (χ0n) is 5.83.